The van der Waals surface area contributed by atoms with E-state index in [0.29, 0.717) is 36.9 Å². The van der Waals surface area contributed by atoms with E-state index < -0.39 is 46.3 Å². The molecule has 1 saturated heterocycles. The van der Waals surface area contributed by atoms with Crippen molar-refractivity contribution in [2.75, 3.05) is 12.0 Å². The molecule has 1 fully saturated rings. The number of carbonyl (C=O) groups excluding carboxylic acids is 2. The van der Waals surface area contributed by atoms with Crippen molar-refractivity contribution >= 4 is 52.2 Å². The third-order valence-electron chi connectivity index (χ3n) is 7.13. The summed E-state index contributed by atoms with van der Waals surface area (Å²) in [5.41, 5.74) is -0.189. The average molecular weight is 633 g/mol. The number of hydrogen-bond donors (Lipinski definition) is 1. The van der Waals surface area contributed by atoms with Gasteiger partial charge in [-0.1, -0.05) is 65.0 Å². The number of H-pyrrole nitrogens is 1. The molecule has 0 unspecified atom stereocenters. The number of thioether (sulfide) groups is 1. The van der Waals surface area contributed by atoms with Gasteiger partial charge in [-0.25, -0.2) is 4.90 Å². The molecule has 2 amide bonds. The molecule has 4 aromatic rings. The zero-order valence-corrected chi connectivity index (χ0v) is 24.0. The van der Waals surface area contributed by atoms with Crippen LogP contribution in [0.25, 0.3) is 0 Å². The number of aromatic amines is 1. The van der Waals surface area contributed by atoms with Crippen LogP contribution in [0.15, 0.2) is 76.6 Å². The maximum absolute atomic E-state index is 13.9. The van der Waals surface area contributed by atoms with Gasteiger partial charge in [-0.15, -0.1) is 0 Å². The molecular weight excluding hydrogens is 613 g/mol. The van der Waals surface area contributed by atoms with Crippen molar-refractivity contribution in [3.05, 3.63) is 103 Å². The Bertz CT molecular complexity index is 1760. The summed E-state index contributed by atoms with van der Waals surface area (Å²) in [6, 6.07) is 16.7. The summed E-state index contributed by atoms with van der Waals surface area (Å²) in [6.45, 7) is 0.224. The van der Waals surface area contributed by atoms with Crippen molar-refractivity contribution in [3.8, 4) is 11.5 Å². The topological polar surface area (TPSA) is 88.7 Å². The van der Waals surface area contributed by atoms with Gasteiger partial charge in [0, 0.05) is 15.8 Å². The summed E-state index contributed by atoms with van der Waals surface area (Å²) < 4.78 is 53.1. The van der Waals surface area contributed by atoms with Crippen LogP contribution in [0.5, 0.6) is 11.5 Å². The summed E-state index contributed by atoms with van der Waals surface area (Å²) in [6.07, 6.45) is -4.78. The van der Waals surface area contributed by atoms with E-state index in [9.17, 15) is 27.6 Å². The summed E-state index contributed by atoms with van der Waals surface area (Å²) >= 11 is 7.84. The van der Waals surface area contributed by atoms with Crippen LogP contribution in [0.2, 0.25) is 5.02 Å². The number of imide groups is 1. The first-order valence-corrected chi connectivity index (χ1v) is 14.6. The predicted octanol–water partition coefficient (Wildman–Crippen LogP) is 6.49. The number of halogens is 4. The van der Waals surface area contributed by atoms with Gasteiger partial charge in [0.1, 0.15) is 11.9 Å². The van der Waals surface area contributed by atoms with E-state index >= 15 is 0 Å². The Morgan fingerprint density at radius 3 is 2.43 bits per heavy atom. The number of alkyl halides is 3. The fourth-order valence-corrected chi connectivity index (χ4v) is 7.90. The molecule has 2 aliphatic heterocycles. The molecule has 1 aromatic heterocycles. The number of anilines is 1. The number of rotatable bonds is 6. The SMILES string of the molecule is COc1cc([C@@H]2c3sc(=O)[nH]c3S[C@H]3C(=O)N(c4ccccc4C(F)(F)F)C(=O)[C@@H]23)ccc1OCc1ccc(Cl)cc1. The van der Waals surface area contributed by atoms with Crippen molar-refractivity contribution in [2.45, 2.75) is 29.0 Å². The Morgan fingerprint density at radius 1 is 0.976 bits per heavy atom. The minimum absolute atomic E-state index is 0.224. The Hall–Kier alpha value is -3.74. The second-order valence-electron chi connectivity index (χ2n) is 9.60. The van der Waals surface area contributed by atoms with Crippen LogP contribution in [0.3, 0.4) is 0 Å². The highest BCUT2D eigenvalue weighted by atomic mass is 35.5. The molecular formula is C29H20ClF3N2O5S2. The fraction of sp³-hybridized carbons (Fsp3) is 0.207. The van der Waals surface area contributed by atoms with Gasteiger partial charge in [-0.05, 0) is 47.5 Å². The van der Waals surface area contributed by atoms with Gasteiger partial charge in [0.25, 0.3) is 0 Å². The Kier molecular flexibility index (Phi) is 7.32. The number of thiazole rings is 1. The van der Waals surface area contributed by atoms with E-state index in [1.807, 2.05) is 12.1 Å². The molecule has 0 aliphatic carbocycles. The number of ether oxygens (including phenoxy) is 2. The molecule has 2 aliphatic rings. The zero-order chi connectivity index (χ0) is 29.8. The molecule has 3 atom stereocenters. The molecule has 42 heavy (non-hydrogen) atoms. The molecule has 7 nitrogen and oxygen atoms in total. The van der Waals surface area contributed by atoms with Crippen LogP contribution >= 0.6 is 34.7 Å². The van der Waals surface area contributed by atoms with E-state index in [4.69, 9.17) is 21.1 Å². The van der Waals surface area contributed by atoms with Crippen molar-refractivity contribution < 1.29 is 32.2 Å². The maximum Gasteiger partial charge on any atom is 0.418 e. The number of nitrogens with one attached hydrogen (secondary N) is 1. The van der Waals surface area contributed by atoms with Gasteiger partial charge in [-0.3, -0.25) is 14.4 Å². The number of methoxy groups -OCH3 is 1. The second kappa shape index (κ2) is 10.8. The summed E-state index contributed by atoms with van der Waals surface area (Å²) in [7, 11) is 1.45. The van der Waals surface area contributed by atoms with Gasteiger partial charge in [-0.2, -0.15) is 13.2 Å². The molecule has 13 heteroatoms. The minimum atomic E-state index is -4.78. The van der Waals surface area contributed by atoms with Crippen LogP contribution in [0.4, 0.5) is 18.9 Å². The highest BCUT2D eigenvalue weighted by Crippen LogP contribution is 2.54. The second-order valence-corrected chi connectivity index (χ2v) is 12.2. The Balaban J connectivity index is 1.39. The van der Waals surface area contributed by atoms with Crippen molar-refractivity contribution in [2.24, 2.45) is 5.92 Å². The van der Waals surface area contributed by atoms with E-state index in [0.717, 1.165) is 40.8 Å². The lowest BCUT2D eigenvalue weighted by molar-refractivity contribution is -0.137. The molecule has 0 bridgehead atoms. The van der Waals surface area contributed by atoms with Gasteiger partial charge < -0.3 is 14.5 Å². The van der Waals surface area contributed by atoms with Crippen LogP contribution < -0.4 is 19.2 Å². The maximum atomic E-state index is 13.9. The van der Waals surface area contributed by atoms with E-state index in [1.165, 1.54) is 19.2 Å². The molecule has 3 heterocycles. The van der Waals surface area contributed by atoms with Gasteiger partial charge in [0.2, 0.25) is 11.8 Å². The van der Waals surface area contributed by atoms with Crippen LogP contribution in [0, 0.1) is 5.92 Å². The third-order valence-corrected chi connectivity index (χ3v) is 9.78. The fourth-order valence-electron chi connectivity index (χ4n) is 5.26. The molecule has 1 N–H and O–H groups in total. The number of aromatic nitrogens is 1. The van der Waals surface area contributed by atoms with Crippen molar-refractivity contribution in [1.82, 2.24) is 4.98 Å². The lowest BCUT2D eigenvalue weighted by Gasteiger charge is -2.30. The average Bonchev–Trinajstić information content (AvgIpc) is 3.46. The number of fused-ring (bicyclic) bond motifs is 2. The van der Waals surface area contributed by atoms with E-state index in [-0.39, 0.29) is 11.5 Å². The lowest BCUT2D eigenvalue weighted by Crippen LogP contribution is -2.33. The van der Waals surface area contributed by atoms with Gasteiger partial charge >= 0.3 is 11.0 Å². The molecule has 0 radical (unpaired) electrons. The number of hydrogen-bond acceptors (Lipinski definition) is 7. The summed E-state index contributed by atoms with van der Waals surface area (Å²) in [5.74, 6) is -2.65. The standard InChI is InChI=1S/C29H20ClF3N2O5S2/c1-39-20-12-15(8-11-19(20)40-13-14-6-9-16(30)10-7-14)21-22-24(41-25-23(21)42-28(38)34-25)27(37)35(26(22)36)18-5-3-2-4-17(18)29(31,32)33/h2-12,21-22,24H,13H2,1H3,(H,34,38)/t21-,22-,24+/m0/s1. The number of benzene rings is 3. The molecule has 216 valence electrons. The minimum Gasteiger partial charge on any atom is -0.493 e. The first kappa shape index (κ1) is 28.4. The van der Waals surface area contributed by atoms with Crippen molar-refractivity contribution in [3.63, 3.8) is 0 Å². The zero-order valence-electron chi connectivity index (χ0n) is 21.6. The first-order chi connectivity index (χ1) is 20.1. The van der Waals surface area contributed by atoms with E-state index in [2.05, 4.69) is 4.98 Å². The number of amides is 2. The normalized spacial score (nSPS) is 19.9. The molecule has 6 rings (SSSR count). The molecule has 3 aromatic carbocycles. The smallest absolute Gasteiger partial charge is 0.418 e. The Labute approximate surface area is 250 Å². The first-order valence-electron chi connectivity index (χ1n) is 12.6. The summed E-state index contributed by atoms with van der Waals surface area (Å²) in [4.78, 5) is 43.4. The molecule has 0 saturated carbocycles. The van der Waals surface area contributed by atoms with E-state index in [1.54, 1.807) is 30.3 Å². The number of carbonyl (C=O) groups is 2. The highest BCUT2D eigenvalue weighted by Gasteiger charge is 2.57. The van der Waals surface area contributed by atoms with Gasteiger partial charge in [0.15, 0.2) is 11.5 Å². The highest BCUT2D eigenvalue weighted by molar-refractivity contribution is 8.00. The third kappa shape index (κ3) is 4.97. The van der Waals surface area contributed by atoms with Crippen LogP contribution in [-0.4, -0.2) is 29.2 Å². The number of para-hydroxylation sites is 1. The van der Waals surface area contributed by atoms with Crippen molar-refractivity contribution in [1.29, 1.82) is 0 Å². The van der Waals surface area contributed by atoms with Gasteiger partial charge in [0.05, 0.1) is 29.3 Å². The molecule has 0 spiro atoms. The Morgan fingerprint density at radius 2 is 1.71 bits per heavy atom. The largest absolute Gasteiger partial charge is 0.493 e. The predicted molar refractivity (Wildman–Crippen MR) is 153 cm³/mol. The summed E-state index contributed by atoms with van der Waals surface area (Å²) in [5, 5.41) is -0.0461. The lowest BCUT2D eigenvalue weighted by atomic mass is 9.83. The van der Waals surface area contributed by atoms with Crippen LogP contribution in [0.1, 0.15) is 27.5 Å². The monoisotopic (exact) mass is 632 g/mol. The number of nitrogens with zero attached hydrogens (tertiary/aromatic N) is 1. The quantitative estimate of drug-likeness (QED) is 0.245. The van der Waals surface area contributed by atoms with Crippen LogP contribution in [-0.2, 0) is 22.4 Å².